The summed E-state index contributed by atoms with van der Waals surface area (Å²) in [6.45, 7) is 10.3. The van der Waals surface area contributed by atoms with E-state index in [2.05, 4.69) is 25.3 Å². The average Bonchev–Trinajstić information content (AvgIpc) is 2.53. The number of hydrogen-bond donors (Lipinski definition) is 1. The van der Waals surface area contributed by atoms with Gasteiger partial charge in [0.05, 0.1) is 5.56 Å². The predicted molar refractivity (Wildman–Crippen MR) is 102 cm³/mol. The molecule has 26 heavy (non-hydrogen) atoms. The van der Waals surface area contributed by atoms with Crippen molar-refractivity contribution in [2.24, 2.45) is 0 Å². The van der Waals surface area contributed by atoms with Crippen LogP contribution in [0.25, 0.3) is 0 Å². The molecule has 1 atom stereocenters. The van der Waals surface area contributed by atoms with Crippen molar-refractivity contribution in [2.45, 2.75) is 46.0 Å². The Hall–Kier alpha value is -2.10. The van der Waals surface area contributed by atoms with E-state index >= 15 is 0 Å². The van der Waals surface area contributed by atoms with E-state index < -0.39 is 13.8 Å². The van der Waals surface area contributed by atoms with E-state index in [1.807, 2.05) is 13.8 Å². The molecule has 0 saturated carbocycles. The normalized spacial score (nSPS) is 14.0. The fourth-order valence-corrected chi connectivity index (χ4v) is 3.07. The van der Waals surface area contributed by atoms with Crippen LogP contribution in [0.5, 0.6) is 5.75 Å². The number of carbonyl (C=O) groups is 1. The van der Waals surface area contributed by atoms with Gasteiger partial charge in [0.1, 0.15) is 5.75 Å². The zero-order valence-corrected chi connectivity index (χ0v) is 16.6. The third kappa shape index (κ3) is 5.45. The third-order valence-electron chi connectivity index (χ3n) is 3.95. The Balaban J connectivity index is 2.05. The number of phosphoric acid groups is 1. The van der Waals surface area contributed by atoms with Gasteiger partial charge in [-0.2, -0.15) is 0 Å². The van der Waals surface area contributed by atoms with Crippen molar-refractivity contribution >= 4 is 13.8 Å². The molecule has 0 fully saturated rings. The lowest BCUT2D eigenvalue weighted by Gasteiger charge is -2.19. The smallest absolute Gasteiger partial charge is 0.395 e. The van der Waals surface area contributed by atoms with Crippen LogP contribution in [0.1, 0.15) is 62.0 Å². The van der Waals surface area contributed by atoms with Gasteiger partial charge in [-0.1, -0.05) is 58.9 Å². The van der Waals surface area contributed by atoms with Crippen LogP contribution in [0.15, 0.2) is 48.5 Å². The van der Waals surface area contributed by atoms with E-state index in [0.29, 0.717) is 5.92 Å². The largest absolute Gasteiger partial charge is 0.587 e. The maximum atomic E-state index is 12.1. The highest BCUT2D eigenvalue weighted by Gasteiger charge is 2.29. The quantitative estimate of drug-likeness (QED) is 0.703. The number of hydrogen-bond acceptors (Lipinski definition) is 4. The van der Waals surface area contributed by atoms with E-state index in [1.165, 1.54) is 0 Å². The summed E-state index contributed by atoms with van der Waals surface area (Å²) in [6.07, 6.45) is 0. The monoisotopic (exact) mass is 376 g/mol. The first kappa shape index (κ1) is 20.2. The van der Waals surface area contributed by atoms with Crippen LogP contribution < -0.4 is 4.52 Å². The molecule has 0 saturated heterocycles. The Labute approximate surface area is 154 Å². The molecule has 6 heteroatoms. The van der Waals surface area contributed by atoms with Gasteiger partial charge in [0.15, 0.2) is 0 Å². The van der Waals surface area contributed by atoms with Gasteiger partial charge in [-0.15, -0.1) is 0 Å². The summed E-state index contributed by atoms with van der Waals surface area (Å²) in [5, 5.41) is 0. The van der Waals surface area contributed by atoms with Crippen LogP contribution in [0, 0.1) is 0 Å². The Morgan fingerprint density at radius 2 is 1.54 bits per heavy atom. The minimum absolute atomic E-state index is 0.0556. The topological polar surface area (TPSA) is 72.8 Å². The van der Waals surface area contributed by atoms with Gasteiger partial charge >= 0.3 is 13.8 Å². The van der Waals surface area contributed by atoms with Gasteiger partial charge in [0.25, 0.3) is 0 Å². The summed E-state index contributed by atoms with van der Waals surface area (Å²) in [5.41, 5.74) is 2.25. The van der Waals surface area contributed by atoms with Crippen LogP contribution in [0.4, 0.5) is 0 Å². The molecule has 2 aromatic rings. The van der Waals surface area contributed by atoms with Crippen molar-refractivity contribution in [3.8, 4) is 5.75 Å². The second-order valence-electron chi connectivity index (χ2n) is 7.49. The molecule has 0 radical (unpaired) electrons. The second-order valence-corrected chi connectivity index (χ2v) is 8.79. The molecule has 0 aliphatic heterocycles. The van der Waals surface area contributed by atoms with Crippen molar-refractivity contribution in [3.63, 3.8) is 0 Å². The SMILES string of the molecule is CC(C)c1ccc(OP(=O)(O)OC(=O)c2ccc(C(C)(C)C)cc2)cc1. The molecule has 0 aliphatic rings. The summed E-state index contributed by atoms with van der Waals surface area (Å²) in [6, 6.07) is 13.5. The van der Waals surface area contributed by atoms with Gasteiger partial charge in [-0.25, -0.2) is 9.36 Å². The standard InChI is InChI=1S/C20H25O5P/c1-14(2)15-8-12-18(13-9-15)24-26(22,23)25-19(21)16-6-10-17(11-7-16)20(3,4)5/h6-14H,1-5H3,(H,22,23). The Bertz CT molecular complexity index is 802. The van der Waals surface area contributed by atoms with Crippen LogP contribution >= 0.6 is 7.82 Å². The summed E-state index contributed by atoms with van der Waals surface area (Å²) < 4.78 is 21.8. The number of carbonyl (C=O) groups excluding carboxylic acids is 1. The summed E-state index contributed by atoms with van der Waals surface area (Å²) in [7, 11) is -4.57. The Morgan fingerprint density at radius 3 is 2.00 bits per heavy atom. The first-order chi connectivity index (χ1) is 12.0. The molecule has 0 bridgehead atoms. The van der Waals surface area contributed by atoms with Gasteiger partial charge < -0.3 is 9.05 Å². The second kappa shape index (κ2) is 7.65. The molecule has 2 aromatic carbocycles. The predicted octanol–water partition coefficient (Wildman–Crippen LogP) is 5.44. The fraction of sp³-hybridized carbons (Fsp3) is 0.350. The number of benzene rings is 2. The van der Waals surface area contributed by atoms with E-state index in [0.717, 1.165) is 11.1 Å². The molecule has 0 aliphatic carbocycles. The van der Waals surface area contributed by atoms with Crippen molar-refractivity contribution < 1.29 is 23.3 Å². The highest BCUT2D eigenvalue weighted by molar-refractivity contribution is 7.48. The number of rotatable bonds is 5. The van der Waals surface area contributed by atoms with Gasteiger partial charge in [0.2, 0.25) is 0 Å². The maximum absolute atomic E-state index is 12.1. The van der Waals surface area contributed by atoms with Crippen molar-refractivity contribution in [1.82, 2.24) is 0 Å². The summed E-state index contributed by atoms with van der Waals surface area (Å²) in [5.74, 6) is -0.412. The van der Waals surface area contributed by atoms with E-state index in [-0.39, 0.29) is 16.7 Å². The lowest BCUT2D eigenvalue weighted by Crippen LogP contribution is -2.12. The van der Waals surface area contributed by atoms with Crippen molar-refractivity contribution in [2.75, 3.05) is 0 Å². The average molecular weight is 376 g/mol. The minimum Gasteiger partial charge on any atom is -0.395 e. The Kier molecular flexibility index (Phi) is 5.94. The maximum Gasteiger partial charge on any atom is 0.587 e. The minimum atomic E-state index is -4.57. The lowest BCUT2D eigenvalue weighted by molar-refractivity contribution is 0.0683. The molecule has 1 N–H and O–H groups in total. The first-order valence-corrected chi connectivity index (χ1v) is 9.94. The van der Waals surface area contributed by atoms with Crippen molar-refractivity contribution in [3.05, 3.63) is 65.2 Å². The van der Waals surface area contributed by atoms with Crippen LogP contribution in [-0.4, -0.2) is 10.9 Å². The van der Waals surface area contributed by atoms with Gasteiger partial charge in [-0.05, 0) is 46.7 Å². The molecule has 0 amide bonds. The zero-order valence-electron chi connectivity index (χ0n) is 15.7. The molecule has 140 valence electrons. The van der Waals surface area contributed by atoms with Gasteiger partial charge in [-0.3, -0.25) is 4.89 Å². The molecule has 1 unspecified atom stereocenters. The van der Waals surface area contributed by atoms with Crippen molar-refractivity contribution in [1.29, 1.82) is 0 Å². The lowest BCUT2D eigenvalue weighted by atomic mass is 9.87. The first-order valence-electron chi connectivity index (χ1n) is 8.45. The van der Waals surface area contributed by atoms with E-state index in [1.54, 1.807) is 48.5 Å². The summed E-state index contributed by atoms with van der Waals surface area (Å²) in [4.78, 5) is 22.0. The zero-order chi connectivity index (χ0) is 19.5. The van der Waals surface area contributed by atoms with E-state index in [4.69, 9.17) is 4.52 Å². The molecule has 5 nitrogen and oxygen atoms in total. The summed E-state index contributed by atoms with van der Waals surface area (Å²) >= 11 is 0. The van der Waals surface area contributed by atoms with E-state index in [9.17, 15) is 14.3 Å². The highest BCUT2D eigenvalue weighted by Crippen LogP contribution is 2.44. The third-order valence-corrected chi connectivity index (χ3v) is 4.79. The molecule has 0 aromatic heterocycles. The fourth-order valence-electron chi connectivity index (χ4n) is 2.33. The molecule has 0 heterocycles. The van der Waals surface area contributed by atoms with Crippen LogP contribution in [0.3, 0.4) is 0 Å². The molecular formula is C20H25O5P. The van der Waals surface area contributed by atoms with Crippen LogP contribution in [0.2, 0.25) is 0 Å². The van der Waals surface area contributed by atoms with Crippen LogP contribution in [-0.2, 0) is 14.5 Å². The highest BCUT2D eigenvalue weighted by atomic mass is 31.2. The van der Waals surface area contributed by atoms with Gasteiger partial charge in [0, 0.05) is 0 Å². The molecule has 0 spiro atoms. The molecule has 2 rings (SSSR count). The molecular weight excluding hydrogens is 351 g/mol. The Morgan fingerprint density at radius 1 is 1.00 bits per heavy atom. The number of phosphoric ester groups is 1.